The van der Waals surface area contributed by atoms with Crippen molar-refractivity contribution in [2.75, 3.05) is 0 Å². The summed E-state index contributed by atoms with van der Waals surface area (Å²) >= 11 is 1.83. The number of aromatic nitrogens is 5. The third-order valence-corrected chi connectivity index (χ3v) is 14.0. The molecule has 4 aromatic heterocycles. The summed E-state index contributed by atoms with van der Waals surface area (Å²) in [6.45, 7) is 0. The monoisotopic (exact) mass is 885 g/mol. The second kappa shape index (κ2) is 16.5. The molecule has 4 heterocycles. The van der Waals surface area contributed by atoms with Crippen molar-refractivity contribution in [3.05, 3.63) is 237 Å². The van der Waals surface area contributed by atoms with Gasteiger partial charge in [-0.25, -0.2) is 15.0 Å². The van der Waals surface area contributed by atoms with Crippen LogP contribution in [0.15, 0.2) is 237 Å². The number of pyridine rings is 1. The lowest BCUT2D eigenvalue weighted by Crippen LogP contribution is -2.02. The first kappa shape index (κ1) is 39.5. The Bertz CT molecular complexity index is 3880. The molecule has 318 valence electrons. The maximum atomic E-state index is 5.44. The highest BCUT2D eigenvalue weighted by molar-refractivity contribution is 7.26. The highest BCUT2D eigenvalue weighted by atomic mass is 32.1. The Morgan fingerprint density at radius 1 is 0.324 bits per heavy atom. The number of para-hydroxylation sites is 2. The zero-order valence-corrected chi connectivity index (χ0v) is 37.5. The van der Waals surface area contributed by atoms with Gasteiger partial charge in [0.2, 0.25) is 0 Å². The van der Waals surface area contributed by atoms with Gasteiger partial charge in [-0.1, -0.05) is 164 Å². The van der Waals surface area contributed by atoms with Gasteiger partial charge in [-0.05, 0) is 94.5 Å². The molecule has 0 atom stereocenters. The van der Waals surface area contributed by atoms with Crippen molar-refractivity contribution in [3.63, 3.8) is 0 Å². The molecule has 13 aromatic rings. The van der Waals surface area contributed by atoms with E-state index in [4.69, 9.17) is 19.9 Å². The van der Waals surface area contributed by atoms with Crippen molar-refractivity contribution < 1.29 is 0 Å². The van der Waals surface area contributed by atoms with E-state index < -0.39 is 0 Å². The average Bonchev–Trinajstić information content (AvgIpc) is 3.97. The molecule has 0 spiro atoms. The largest absolute Gasteiger partial charge is 0.309 e. The van der Waals surface area contributed by atoms with Gasteiger partial charge in [0, 0.05) is 70.6 Å². The normalized spacial score (nSPS) is 11.5. The lowest BCUT2D eigenvalue weighted by Gasteiger charge is -2.15. The van der Waals surface area contributed by atoms with Gasteiger partial charge in [0.1, 0.15) is 0 Å². The zero-order valence-electron chi connectivity index (χ0n) is 36.7. The fourth-order valence-electron chi connectivity index (χ4n) is 9.67. The Balaban J connectivity index is 1.07. The SMILES string of the molecule is c1ccc(-c2cc(-c3ccccc3)cc(-c3cnc(-c4ccc5sc6ccc7c(c8ccccc8n7-c7ccccc7)c6c5c4)c(-c4nc(-c5ccccc5)nc(-c5ccccc5)n4)c3)c2)cc1. The minimum absolute atomic E-state index is 0.549. The quantitative estimate of drug-likeness (QED) is 0.153. The number of nitrogens with zero attached hydrogens (tertiary/aromatic N) is 5. The predicted octanol–water partition coefficient (Wildman–Crippen LogP) is 16.4. The topological polar surface area (TPSA) is 56.5 Å². The molecule has 0 fully saturated rings. The molecule has 0 saturated heterocycles. The lowest BCUT2D eigenvalue weighted by molar-refractivity contribution is 1.07. The van der Waals surface area contributed by atoms with Gasteiger partial charge < -0.3 is 4.57 Å². The first-order chi connectivity index (χ1) is 33.7. The molecule has 0 aliphatic heterocycles. The van der Waals surface area contributed by atoms with Gasteiger partial charge in [-0.15, -0.1) is 11.3 Å². The summed E-state index contributed by atoms with van der Waals surface area (Å²) in [6, 6.07) is 81.3. The van der Waals surface area contributed by atoms with Crippen molar-refractivity contribution in [1.29, 1.82) is 0 Å². The minimum atomic E-state index is 0.549. The van der Waals surface area contributed by atoms with Gasteiger partial charge >= 0.3 is 0 Å². The maximum absolute atomic E-state index is 5.44. The molecule has 0 amide bonds. The second-order valence-electron chi connectivity index (χ2n) is 17.0. The van der Waals surface area contributed by atoms with Crippen molar-refractivity contribution in [1.82, 2.24) is 24.5 Å². The smallest absolute Gasteiger partial charge is 0.166 e. The molecule has 9 aromatic carbocycles. The molecule has 0 aliphatic carbocycles. The fourth-order valence-corrected chi connectivity index (χ4v) is 10.8. The van der Waals surface area contributed by atoms with Gasteiger partial charge in [0.25, 0.3) is 0 Å². The Hall–Kier alpha value is -8.84. The van der Waals surface area contributed by atoms with E-state index in [-0.39, 0.29) is 0 Å². The van der Waals surface area contributed by atoms with E-state index in [0.717, 1.165) is 67.0 Å². The minimum Gasteiger partial charge on any atom is -0.309 e. The Morgan fingerprint density at radius 3 is 1.46 bits per heavy atom. The van der Waals surface area contributed by atoms with Crippen LogP contribution in [0.25, 0.3) is 126 Å². The van der Waals surface area contributed by atoms with Gasteiger partial charge in [0.15, 0.2) is 17.5 Å². The van der Waals surface area contributed by atoms with E-state index in [1.165, 1.54) is 42.0 Å². The van der Waals surface area contributed by atoms with Gasteiger partial charge in [-0.2, -0.15) is 0 Å². The molecule has 6 heteroatoms. The van der Waals surface area contributed by atoms with E-state index >= 15 is 0 Å². The summed E-state index contributed by atoms with van der Waals surface area (Å²) in [7, 11) is 0. The third kappa shape index (κ3) is 6.94. The van der Waals surface area contributed by atoms with Crippen LogP contribution in [-0.4, -0.2) is 24.5 Å². The van der Waals surface area contributed by atoms with E-state index in [9.17, 15) is 0 Å². The Kier molecular flexibility index (Phi) is 9.62. The van der Waals surface area contributed by atoms with Crippen LogP contribution in [0, 0.1) is 0 Å². The summed E-state index contributed by atoms with van der Waals surface area (Å²) in [5, 5.41) is 4.91. The number of fused-ring (bicyclic) bond motifs is 7. The third-order valence-electron chi connectivity index (χ3n) is 12.9. The van der Waals surface area contributed by atoms with Gasteiger partial charge in [0.05, 0.1) is 16.7 Å². The van der Waals surface area contributed by atoms with Crippen molar-refractivity contribution in [3.8, 4) is 84.5 Å². The maximum Gasteiger partial charge on any atom is 0.166 e. The molecule has 0 bridgehead atoms. The molecule has 0 N–H and O–H groups in total. The number of hydrogen-bond donors (Lipinski definition) is 0. The van der Waals surface area contributed by atoms with Crippen LogP contribution in [-0.2, 0) is 0 Å². The van der Waals surface area contributed by atoms with Crippen molar-refractivity contribution in [2.45, 2.75) is 0 Å². The molecule has 0 radical (unpaired) electrons. The van der Waals surface area contributed by atoms with E-state index in [2.05, 4.69) is 199 Å². The summed E-state index contributed by atoms with van der Waals surface area (Å²) in [6.07, 6.45) is 2.01. The van der Waals surface area contributed by atoms with Crippen LogP contribution < -0.4 is 0 Å². The zero-order chi connectivity index (χ0) is 45.0. The lowest BCUT2D eigenvalue weighted by atomic mass is 9.92. The van der Waals surface area contributed by atoms with Crippen LogP contribution in [0.3, 0.4) is 0 Å². The summed E-state index contributed by atoms with van der Waals surface area (Å²) in [5.74, 6) is 1.74. The molecule has 0 unspecified atom stereocenters. The molecular weight excluding hydrogens is 847 g/mol. The van der Waals surface area contributed by atoms with Crippen LogP contribution >= 0.6 is 11.3 Å². The highest BCUT2D eigenvalue weighted by Crippen LogP contribution is 2.45. The summed E-state index contributed by atoms with van der Waals surface area (Å²) in [4.78, 5) is 21.1. The second-order valence-corrected chi connectivity index (χ2v) is 18.1. The molecule has 0 aliphatic rings. The molecular formula is C62H39N5S. The predicted molar refractivity (Wildman–Crippen MR) is 283 cm³/mol. The van der Waals surface area contributed by atoms with Crippen LogP contribution in [0.4, 0.5) is 0 Å². The first-order valence-electron chi connectivity index (χ1n) is 22.8. The molecule has 0 saturated carbocycles. The average molecular weight is 886 g/mol. The standard InChI is InChI=1S/C62H39N5S/c1-6-18-40(19-7-1)45-34-46(41-20-8-2-9-21-41)36-47(35-45)48-38-52(62-65-60(42-22-10-3-11-23-42)64-61(66-62)43-24-12-4-13-25-43)59(63-39-48)44-30-32-55-51(37-44)58-56(68-55)33-31-54-57(58)50-28-16-17-29-53(50)67(54)49-26-14-5-15-27-49/h1-39H. The molecule has 68 heavy (non-hydrogen) atoms. The van der Waals surface area contributed by atoms with Crippen LogP contribution in [0.2, 0.25) is 0 Å². The summed E-state index contributed by atoms with van der Waals surface area (Å²) < 4.78 is 4.85. The van der Waals surface area contributed by atoms with Crippen molar-refractivity contribution >= 4 is 53.3 Å². The Morgan fingerprint density at radius 2 is 0.838 bits per heavy atom. The van der Waals surface area contributed by atoms with Crippen LogP contribution in [0.5, 0.6) is 0 Å². The van der Waals surface area contributed by atoms with E-state index in [1.807, 2.05) is 53.9 Å². The van der Waals surface area contributed by atoms with Crippen LogP contribution in [0.1, 0.15) is 0 Å². The number of benzene rings is 9. The fraction of sp³-hybridized carbons (Fsp3) is 0. The number of thiophene rings is 1. The Labute approximate surface area is 397 Å². The van der Waals surface area contributed by atoms with E-state index in [1.54, 1.807) is 0 Å². The number of rotatable bonds is 8. The van der Waals surface area contributed by atoms with Gasteiger partial charge in [-0.3, -0.25) is 4.98 Å². The molecule has 5 nitrogen and oxygen atoms in total. The molecule has 13 rings (SSSR count). The van der Waals surface area contributed by atoms with E-state index in [0.29, 0.717) is 17.5 Å². The summed E-state index contributed by atoms with van der Waals surface area (Å²) in [5.41, 5.74) is 14.4. The highest BCUT2D eigenvalue weighted by Gasteiger charge is 2.22. The number of hydrogen-bond acceptors (Lipinski definition) is 5. The first-order valence-corrected chi connectivity index (χ1v) is 23.6. The van der Waals surface area contributed by atoms with Crippen molar-refractivity contribution in [2.24, 2.45) is 0 Å².